The number of thioether (sulfide) groups is 1. The molecule has 0 saturated heterocycles. The molecule has 450 valence electrons. The second-order valence-electron chi connectivity index (χ2n) is 21.9. The lowest BCUT2D eigenvalue weighted by Crippen LogP contribution is -2.50. The van der Waals surface area contributed by atoms with E-state index in [4.69, 9.17) is 14.2 Å². The van der Waals surface area contributed by atoms with Crippen molar-refractivity contribution in [3.05, 3.63) is 45.4 Å². The van der Waals surface area contributed by atoms with Crippen LogP contribution in [0.5, 0.6) is 0 Å². The van der Waals surface area contributed by atoms with Gasteiger partial charge in [-0.2, -0.15) is 11.8 Å². The van der Waals surface area contributed by atoms with Crippen LogP contribution in [0.4, 0.5) is 5.69 Å². The number of ketones is 2. The number of amides is 5. The quantitative estimate of drug-likeness (QED) is 0.0330. The van der Waals surface area contributed by atoms with Crippen LogP contribution in [0.1, 0.15) is 152 Å². The maximum absolute atomic E-state index is 14.4. The number of aliphatic carboxylic acids is 1. The van der Waals surface area contributed by atoms with E-state index in [9.17, 15) is 48.3 Å². The number of likely N-dealkylation sites (N-methyl/N-ethyl adjacent to an activating group) is 1. The second kappa shape index (κ2) is 36.2. The van der Waals surface area contributed by atoms with E-state index in [1.54, 1.807) is 37.4 Å². The molecule has 0 bridgehead atoms. The van der Waals surface area contributed by atoms with Gasteiger partial charge in [0.25, 0.3) is 5.91 Å². The van der Waals surface area contributed by atoms with E-state index in [-0.39, 0.29) is 104 Å². The number of carboxylic acid groups (broad SMARTS) is 1. The van der Waals surface area contributed by atoms with Gasteiger partial charge in [0.2, 0.25) is 23.6 Å². The molecule has 22 heteroatoms. The molecule has 2 aromatic rings. The van der Waals surface area contributed by atoms with Crippen molar-refractivity contribution in [2.45, 2.75) is 157 Å². The number of rotatable bonds is 40. The molecule has 0 radical (unpaired) electrons. The van der Waals surface area contributed by atoms with E-state index >= 15 is 0 Å². The Morgan fingerprint density at radius 1 is 0.900 bits per heavy atom. The largest absolute Gasteiger partial charge is 0.481 e. The molecule has 0 saturated carbocycles. The summed E-state index contributed by atoms with van der Waals surface area (Å²) >= 11 is 2.52. The van der Waals surface area contributed by atoms with Gasteiger partial charge < -0.3 is 45.5 Å². The Kier molecular flexibility index (Phi) is 32.1. The number of aromatic nitrogens is 1. The predicted octanol–water partition coefficient (Wildman–Crippen LogP) is 7.07. The van der Waals surface area contributed by atoms with E-state index < -0.39 is 59.3 Å². The van der Waals surface area contributed by atoms with Crippen LogP contribution in [0.3, 0.4) is 0 Å². The topological polar surface area (TPSA) is 269 Å². The van der Waals surface area contributed by atoms with Gasteiger partial charge in [0.15, 0.2) is 11.9 Å². The highest BCUT2D eigenvalue weighted by Crippen LogP contribution is 2.33. The lowest BCUT2D eigenvalue weighted by molar-refractivity contribution is -0.150. The number of carboxylic acids is 1. The summed E-state index contributed by atoms with van der Waals surface area (Å²) in [6.07, 6.45) is 4.29. The van der Waals surface area contributed by atoms with Crippen molar-refractivity contribution >= 4 is 81.8 Å². The van der Waals surface area contributed by atoms with Gasteiger partial charge in [0.05, 0.1) is 30.4 Å². The molecule has 20 nitrogen and oxygen atoms in total. The third kappa shape index (κ3) is 24.8. The molecule has 0 fully saturated rings. The highest BCUT2D eigenvalue weighted by atomic mass is 32.2. The molecular weight excluding hydrogens is 1070 g/mol. The molecular formula is C58H93N7O13S2. The minimum absolute atomic E-state index is 0.0316. The van der Waals surface area contributed by atoms with E-state index in [0.717, 1.165) is 16.9 Å². The van der Waals surface area contributed by atoms with Crippen LogP contribution in [0.25, 0.3) is 0 Å². The number of hydrogen-bond donors (Lipinski definition) is 5. The number of nitrogens with one attached hydrogen (secondary N) is 4. The zero-order chi connectivity index (χ0) is 60.3. The number of anilines is 1. The Morgan fingerprint density at radius 3 is 2.20 bits per heavy atom. The normalized spacial score (nSPS) is 14.2. The highest BCUT2D eigenvalue weighted by molar-refractivity contribution is 7.99. The molecule has 80 heavy (non-hydrogen) atoms. The first-order valence-corrected chi connectivity index (χ1v) is 30.1. The average molecular weight is 1160 g/mol. The summed E-state index contributed by atoms with van der Waals surface area (Å²) in [7, 11) is 6.93. The Morgan fingerprint density at radius 2 is 1.59 bits per heavy atom. The monoisotopic (exact) mass is 1160 g/mol. The number of carbonyl (C=O) groups is 9. The van der Waals surface area contributed by atoms with Crippen molar-refractivity contribution in [3.8, 4) is 0 Å². The Hall–Kier alpha value is -5.29. The second-order valence-corrected chi connectivity index (χ2v) is 23.7. The van der Waals surface area contributed by atoms with Crippen molar-refractivity contribution in [2.24, 2.45) is 29.6 Å². The number of hydrogen-bond acceptors (Lipinski definition) is 16. The van der Waals surface area contributed by atoms with E-state index in [2.05, 4.69) is 26.3 Å². The smallest absolute Gasteiger partial charge is 0.306 e. The number of esters is 1. The first-order valence-electron chi connectivity index (χ1n) is 27.8. The molecule has 7 atom stereocenters. The summed E-state index contributed by atoms with van der Waals surface area (Å²) in [5.74, 6) is -5.12. The number of nitrogens with zero attached hydrogens (tertiary/aromatic N) is 3. The maximum atomic E-state index is 14.4. The van der Waals surface area contributed by atoms with Gasteiger partial charge in [-0.15, -0.1) is 11.3 Å². The molecule has 5 N–H and O–H groups in total. The molecule has 2 rings (SSSR count). The Labute approximate surface area is 483 Å². The van der Waals surface area contributed by atoms with Crippen LogP contribution in [0.2, 0.25) is 0 Å². The minimum atomic E-state index is -1.04. The van der Waals surface area contributed by atoms with Gasteiger partial charge in [-0.1, -0.05) is 59.6 Å². The molecule has 0 aliphatic heterocycles. The van der Waals surface area contributed by atoms with Crippen molar-refractivity contribution in [1.82, 2.24) is 30.7 Å². The summed E-state index contributed by atoms with van der Waals surface area (Å²) < 4.78 is 16.0. The molecule has 3 unspecified atom stereocenters. The van der Waals surface area contributed by atoms with Crippen molar-refractivity contribution in [1.29, 1.82) is 0 Å². The summed E-state index contributed by atoms with van der Waals surface area (Å²) in [4.78, 5) is 126. The number of benzene rings is 1. The number of methoxy groups -OCH3 is 1. The number of aryl methyl sites for hydroxylation is 1. The molecule has 5 amide bonds. The average Bonchev–Trinajstić information content (AvgIpc) is 3.90. The summed E-state index contributed by atoms with van der Waals surface area (Å²) in [6.45, 7) is 17.5. The van der Waals surface area contributed by atoms with Crippen LogP contribution in [-0.4, -0.2) is 164 Å². The van der Waals surface area contributed by atoms with Gasteiger partial charge in [-0.05, 0) is 102 Å². The SMILES string of the molecule is CCC(C)[C@H](CC(=O)C(C)(C)N(C)C)C(=O)N(C)[C@H](C[C@@H](OC(C)=O)c1nc(C(=O)N[C@@H](Cc2ccc(C)c(NC(=O)CCCNC(=O)C(CCCCNC(=O)COCCOC)CC(=O)CSC)c2)CC(C)C(=O)O)cs1)C(C)C. The standard InChI is InChI=1S/C58H93N7O13S2/c1-15-37(4)45(31-50(68)58(8,9)64(10)11)56(73)65(12)48(36(2)3)32-49(78-40(7)66)55-63-47(35-80-55)54(72)61-43(27-39(6)57(74)75)28-41-22-21-38(5)46(29-41)62-51(69)20-18-24-60-53(71)42(30-44(67)34-79-14)19-16-17-23-59-52(70)33-77-26-25-76-13/h21-22,29,35-37,39,42-43,45,48-49H,15-20,23-28,30-34H2,1-14H3,(H,59,70)(H,60,71)(H,61,72)(H,62,69)(H,74,75)/t37?,39?,42?,43-,45+,48-,49-/m1/s1. The van der Waals surface area contributed by atoms with Crippen LogP contribution >= 0.6 is 23.1 Å². The number of carbonyl (C=O) groups excluding carboxylic acids is 8. The van der Waals surface area contributed by atoms with Gasteiger partial charge >= 0.3 is 11.9 Å². The van der Waals surface area contributed by atoms with Gasteiger partial charge in [-0.3, -0.25) is 48.1 Å². The zero-order valence-corrected chi connectivity index (χ0v) is 51.6. The van der Waals surface area contributed by atoms with Crippen LogP contribution < -0.4 is 21.3 Å². The van der Waals surface area contributed by atoms with E-state index in [0.29, 0.717) is 73.9 Å². The summed E-state index contributed by atoms with van der Waals surface area (Å²) in [5, 5.41) is 23.4. The number of Topliss-reactive ketones (excluding diaryl/α,β-unsaturated/α-hetero) is 2. The van der Waals surface area contributed by atoms with Gasteiger partial charge in [0, 0.05) is 94.8 Å². The molecule has 0 aliphatic rings. The van der Waals surface area contributed by atoms with Gasteiger partial charge in [-0.25, -0.2) is 4.98 Å². The fourth-order valence-electron chi connectivity index (χ4n) is 8.91. The summed E-state index contributed by atoms with van der Waals surface area (Å²) in [5.41, 5.74) is 1.27. The summed E-state index contributed by atoms with van der Waals surface area (Å²) in [6, 6.07) is 4.31. The number of unbranched alkanes of at least 4 members (excludes halogenated alkanes) is 1. The lowest BCUT2D eigenvalue weighted by Gasteiger charge is -2.38. The number of ether oxygens (including phenoxy) is 3. The fraction of sp³-hybridized carbons (Fsp3) is 0.690. The minimum Gasteiger partial charge on any atom is -0.481 e. The Balaban J connectivity index is 2.19. The third-order valence-corrected chi connectivity index (χ3v) is 16.3. The number of thiazole rings is 1. The molecule has 1 heterocycles. The predicted molar refractivity (Wildman–Crippen MR) is 312 cm³/mol. The first kappa shape index (κ1) is 70.8. The first-order chi connectivity index (χ1) is 37.7. The fourth-order valence-corrected chi connectivity index (χ4v) is 10.2. The maximum Gasteiger partial charge on any atom is 0.306 e. The third-order valence-electron chi connectivity index (χ3n) is 14.7. The van der Waals surface area contributed by atoms with Crippen LogP contribution in [-0.2, 0) is 59.0 Å². The molecule has 0 aliphatic carbocycles. The van der Waals surface area contributed by atoms with Crippen molar-refractivity contribution in [3.63, 3.8) is 0 Å². The van der Waals surface area contributed by atoms with Crippen LogP contribution in [0, 0.1) is 36.5 Å². The van der Waals surface area contributed by atoms with Crippen LogP contribution in [0.15, 0.2) is 23.6 Å². The Bertz CT molecular complexity index is 2340. The lowest BCUT2D eigenvalue weighted by atomic mass is 9.81. The van der Waals surface area contributed by atoms with E-state index in [1.165, 1.54) is 18.7 Å². The van der Waals surface area contributed by atoms with Gasteiger partial charge in [0.1, 0.15) is 23.1 Å². The zero-order valence-electron chi connectivity index (χ0n) is 50.0. The highest BCUT2D eigenvalue weighted by Gasteiger charge is 2.39. The van der Waals surface area contributed by atoms with Crippen molar-refractivity contribution < 1.29 is 62.5 Å². The molecule has 0 spiro atoms. The molecule has 1 aromatic heterocycles. The van der Waals surface area contributed by atoms with E-state index in [1.807, 2.05) is 85.8 Å². The van der Waals surface area contributed by atoms with Crippen molar-refractivity contribution in [2.75, 3.05) is 78.5 Å². The molecule has 1 aromatic carbocycles.